The highest BCUT2D eigenvalue weighted by atomic mass is 32.2. The molecule has 0 radical (unpaired) electrons. The molecular formula is C16H12N4O2S. The number of nitrogens with zero attached hydrogens (tertiary/aromatic N) is 2. The maximum absolute atomic E-state index is 11.2. The lowest BCUT2D eigenvalue weighted by atomic mass is 10.0. The number of furan rings is 1. The van der Waals surface area contributed by atoms with Crippen molar-refractivity contribution in [3.05, 3.63) is 54.3 Å². The Balaban J connectivity index is 2.14. The minimum atomic E-state index is -1.53. The van der Waals surface area contributed by atoms with Gasteiger partial charge in [-0.15, -0.1) is 0 Å². The van der Waals surface area contributed by atoms with E-state index in [2.05, 4.69) is 11.1 Å². The Hall–Kier alpha value is -2.95. The van der Waals surface area contributed by atoms with E-state index in [1.54, 1.807) is 42.5 Å². The fraction of sp³-hybridized carbons (Fsp3) is 0. The van der Waals surface area contributed by atoms with Crippen molar-refractivity contribution in [1.82, 2.24) is 4.98 Å². The van der Waals surface area contributed by atoms with E-state index in [1.807, 2.05) is 0 Å². The zero-order valence-corrected chi connectivity index (χ0v) is 12.7. The molecular weight excluding hydrogens is 312 g/mol. The molecule has 0 aliphatic carbocycles. The molecule has 0 fully saturated rings. The van der Waals surface area contributed by atoms with Crippen LogP contribution in [0.2, 0.25) is 0 Å². The van der Waals surface area contributed by atoms with Crippen LogP contribution in [-0.2, 0) is 11.0 Å². The summed E-state index contributed by atoms with van der Waals surface area (Å²) >= 11 is 0. The lowest BCUT2D eigenvalue weighted by molar-refractivity contribution is 0.582. The number of aromatic nitrogens is 1. The molecule has 2 aromatic heterocycles. The highest BCUT2D eigenvalue weighted by molar-refractivity contribution is 7.82. The summed E-state index contributed by atoms with van der Waals surface area (Å²) in [6, 6.07) is 14.1. The van der Waals surface area contributed by atoms with Gasteiger partial charge in [-0.3, -0.25) is 0 Å². The van der Waals surface area contributed by atoms with Crippen molar-refractivity contribution in [2.24, 2.45) is 5.14 Å². The van der Waals surface area contributed by atoms with Crippen LogP contribution in [0.5, 0.6) is 0 Å². The van der Waals surface area contributed by atoms with Crippen molar-refractivity contribution in [2.45, 2.75) is 4.90 Å². The molecule has 0 saturated carbocycles. The molecule has 23 heavy (non-hydrogen) atoms. The van der Waals surface area contributed by atoms with Crippen LogP contribution in [0.15, 0.2) is 58.0 Å². The molecule has 3 aromatic rings. The van der Waals surface area contributed by atoms with E-state index in [0.29, 0.717) is 21.9 Å². The van der Waals surface area contributed by atoms with Gasteiger partial charge in [0.05, 0.1) is 16.9 Å². The summed E-state index contributed by atoms with van der Waals surface area (Å²) in [6.07, 6.45) is 1.53. The molecule has 114 valence electrons. The molecule has 7 heteroatoms. The van der Waals surface area contributed by atoms with Crippen LogP contribution in [0.25, 0.3) is 22.6 Å². The quantitative estimate of drug-likeness (QED) is 0.767. The van der Waals surface area contributed by atoms with Crippen molar-refractivity contribution in [3.8, 4) is 28.7 Å². The van der Waals surface area contributed by atoms with Gasteiger partial charge in [-0.1, -0.05) is 12.1 Å². The van der Waals surface area contributed by atoms with Crippen LogP contribution in [0.1, 0.15) is 5.56 Å². The first kappa shape index (κ1) is 15.0. The van der Waals surface area contributed by atoms with Crippen molar-refractivity contribution >= 4 is 16.8 Å². The highest BCUT2D eigenvalue weighted by Crippen LogP contribution is 2.31. The molecule has 0 spiro atoms. The largest absolute Gasteiger partial charge is 0.464 e. The number of benzene rings is 1. The van der Waals surface area contributed by atoms with Crippen LogP contribution in [0.3, 0.4) is 0 Å². The third kappa shape index (κ3) is 2.85. The van der Waals surface area contributed by atoms with Crippen LogP contribution in [0.4, 0.5) is 5.82 Å². The predicted octanol–water partition coefficient (Wildman–Crippen LogP) is 2.44. The van der Waals surface area contributed by atoms with E-state index in [1.165, 1.54) is 6.26 Å². The second-order valence-electron chi connectivity index (χ2n) is 4.73. The molecule has 6 nitrogen and oxygen atoms in total. The van der Waals surface area contributed by atoms with Gasteiger partial charge in [0, 0.05) is 11.1 Å². The Bertz CT molecular complexity index is 912. The van der Waals surface area contributed by atoms with Gasteiger partial charge >= 0.3 is 0 Å². The topological polar surface area (TPSA) is 119 Å². The van der Waals surface area contributed by atoms with E-state index < -0.39 is 11.0 Å². The smallest absolute Gasteiger partial charge is 0.142 e. The zero-order valence-electron chi connectivity index (χ0n) is 11.9. The molecule has 1 unspecified atom stereocenters. The number of nitrogen functional groups attached to an aromatic ring is 1. The first-order chi connectivity index (χ1) is 11.1. The number of hydrogen-bond donors (Lipinski definition) is 2. The molecule has 1 atom stereocenters. The van der Waals surface area contributed by atoms with Crippen molar-refractivity contribution < 1.29 is 8.63 Å². The Morgan fingerprint density at radius 2 is 1.96 bits per heavy atom. The molecule has 0 aliphatic rings. The van der Waals surface area contributed by atoms with E-state index >= 15 is 0 Å². The van der Waals surface area contributed by atoms with Crippen LogP contribution in [-0.4, -0.2) is 9.19 Å². The Labute approximate surface area is 135 Å². The maximum atomic E-state index is 11.2. The first-order valence-corrected chi connectivity index (χ1v) is 7.82. The lowest BCUT2D eigenvalue weighted by Crippen LogP contribution is -2.02. The Morgan fingerprint density at radius 3 is 2.52 bits per heavy atom. The summed E-state index contributed by atoms with van der Waals surface area (Å²) in [5.41, 5.74) is 8.11. The molecule has 2 heterocycles. The summed E-state index contributed by atoms with van der Waals surface area (Å²) in [7, 11) is -1.53. The van der Waals surface area contributed by atoms with E-state index in [-0.39, 0.29) is 11.4 Å². The normalized spacial score (nSPS) is 11.8. The minimum Gasteiger partial charge on any atom is -0.464 e. The van der Waals surface area contributed by atoms with Crippen LogP contribution >= 0.6 is 0 Å². The van der Waals surface area contributed by atoms with Gasteiger partial charge in [-0.2, -0.15) is 5.26 Å². The number of rotatable bonds is 3. The zero-order chi connectivity index (χ0) is 16.4. The minimum absolute atomic E-state index is 0.128. The fourth-order valence-corrected chi connectivity index (χ4v) is 2.62. The van der Waals surface area contributed by atoms with E-state index in [4.69, 9.17) is 15.3 Å². The average molecular weight is 324 g/mol. The molecule has 0 saturated heterocycles. The Morgan fingerprint density at radius 1 is 1.22 bits per heavy atom. The average Bonchev–Trinajstić information content (AvgIpc) is 3.08. The van der Waals surface area contributed by atoms with Gasteiger partial charge in [0.25, 0.3) is 0 Å². The fourth-order valence-electron chi connectivity index (χ4n) is 2.22. The number of nitrogens with two attached hydrogens (primary N) is 2. The van der Waals surface area contributed by atoms with Crippen molar-refractivity contribution in [1.29, 1.82) is 5.26 Å². The molecule has 0 bridgehead atoms. The van der Waals surface area contributed by atoms with Crippen LogP contribution < -0.4 is 10.9 Å². The number of anilines is 1. The van der Waals surface area contributed by atoms with Gasteiger partial charge in [-0.05, 0) is 30.3 Å². The third-order valence-electron chi connectivity index (χ3n) is 3.33. The third-order valence-corrected chi connectivity index (χ3v) is 4.07. The molecule has 4 N–H and O–H groups in total. The van der Waals surface area contributed by atoms with Crippen molar-refractivity contribution in [3.63, 3.8) is 0 Å². The summed E-state index contributed by atoms with van der Waals surface area (Å²) in [6.45, 7) is 0. The van der Waals surface area contributed by atoms with Crippen molar-refractivity contribution in [2.75, 3.05) is 5.73 Å². The molecule has 1 aromatic carbocycles. The summed E-state index contributed by atoms with van der Waals surface area (Å²) in [5, 5.41) is 14.6. The monoisotopic (exact) mass is 324 g/mol. The predicted molar refractivity (Wildman–Crippen MR) is 87.1 cm³/mol. The number of hydrogen-bond acceptors (Lipinski definition) is 5. The summed E-state index contributed by atoms with van der Waals surface area (Å²) < 4.78 is 16.6. The first-order valence-electron chi connectivity index (χ1n) is 6.61. The SMILES string of the molecule is N#Cc1c(-c2ccco2)cc(-c2ccc(S(N)=O)cc2)nc1N. The maximum Gasteiger partial charge on any atom is 0.142 e. The number of pyridine rings is 1. The second-order valence-corrected chi connectivity index (χ2v) is 5.79. The van der Waals surface area contributed by atoms with E-state index in [9.17, 15) is 9.47 Å². The Kier molecular flexibility index (Phi) is 3.93. The standard InChI is InChI=1S/C16H12N4O2S/c17-9-13-12(15-2-1-7-22-15)8-14(20-16(13)18)10-3-5-11(6-4-10)23(19)21/h1-8H,19H2,(H2,18,20). The second kappa shape index (κ2) is 6.04. The molecule has 3 rings (SSSR count). The highest BCUT2D eigenvalue weighted by Gasteiger charge is 2.15. The summed E-state index contributed by atoms with van der Waals surface area (Å²) in [4.78, 5) is 4.78. The van der Waals surface area contributed by atoms with Gasteiger partial charge in [0.15, 0.2) is 0 Å². The van der Waals surface area contributed by atoms with Gasteiger partial charge < -0.3 is 10.2 Å². The van der Waals surface area contributed by atoms with Gasteiger partial charge in [0.2, 0.25) is 0 Å². The molecule has 0 aliphatic heterocycles. The lowest BCUT2D eigenvalue weighted by Gasteiger charge is -2.08. The van der Waals surface area contributed by atoms with E-state index in [0.717, 1.165) is 5.56 Å². The number of nitriles is 1. The summed E-state index contributed by atoms with van der Waals surface area (Å²) in [5.74, 6) is 0.666. The van der Waals surface area contributed by atoms with Crippen LogP contribution in [0, 0.1) is 11.3 Å². The van der Waals surface area contributed by atoms with Gasteiger partial charge in [0.1, 0.15) is 34.2 Å². The van der Waals surface area contributed by atoms with Gasteiger partial charge in [-0.25, -0.2) is 14.3 Å². The molecule has 0 amide bonds.